The molecule has 0 aliphatic heterocycles. The second kappa shape index (κ2) is 7.21. The van der Waals surface area contributed by atoms with Gasteiger partial charge in [-0.15, -0.1) is 0 Å². The van der Waals surface area contributed by atoms with Crippen molar-refractivity contribution in [3.8, 4) is 0 Å². The van der Waals surface area contributed by atoms with Crippen LogP contribution in [0.1, 0.15) is 34.9 Å². The van der Waals surface area contributed by atoms with Crippen LogP contribution in [0.2, 0.25) is 0 Å². The summed E-state index contributed by atoms with van der Waals surface area (Å²) in [7, 11) is 1.90. The van der Waals surface area contributed by atoms with Gasteiger partial charge in [-0.25, -0.2) is 4.98 Å². The summed E-state index contributed by atoms with van der Waals surface area (Å²) in [6, 6.07) is 1.45. The van der Waals surface area contributed by atoms with Gasteiger partial charge in [0.15, 0.2) is 0 Å². The number of rotatable bonds is 6. The Morgan fingerprint density at radius 3 is 2.65 bits per heavy atom. The van der Waals surface area contributed by atoms with Crippen LogP contribution in [-0.2, 0) is 24.7 Å². The van der Waals surface area contributed by atoms with Crippen molar-refractivity contribution in [3.63, 3.8) is 0 Å². The summed E-state index contributed by atoms with van der Waals surface area (Å²) in [4.78, 5) is 30.2. The fourth-order valence-corrected chi connectivity index (χ4v) is 2.59. The van der Waals surface area contributed by atoms with Gasteiger partial charge in [0.2, 0.25) is 5.91 Å². The Bertz CT molecular complexity index is 760. The van der Waals surface area contributed by atoms with Crippen LogP contribution in [0.5, 0.6) is 0 Å². The fraction of sp³-hybridized carbons (Fsp3) is 0.500. The summed E-state index contributed by atoms with van der Waals surface area (Å²) < 4.78 is 1.84. The normalized spacial score (nSPS) is 10.8. The van der Waals surface area contributed by atoms with Crippen molar-refractivity contribution >= 4 is 5.91 Å². The number of nitrogens with one attached hydrogen (secondary N) is 2. The summed E-state index contributed by atoms with van der Waals surface area (Å²) in [6.07, 6.45) is 1.61. The van der Waals surface area contributed by atoms with Crippen molar-refractivity contribution in [2.75, 3.05) is 6.54 Å². The third-order valence-electron chi connectivity index (χ3n) is 3.86. The van der Waals surface area contributed by atoms with E-state index in [1.165, 1.54) is 6.07 Å². The molecule has 0 bridgehead atoms. The number of hydrogen-bond donors (Lipinski definition) is 2. The van der Waals surface area contributed by atoms with Gasteiger partial charge < -0.3 is 10.3 Å². The molecule has 2 heterocycles. The van der Waals surface area contributed by atoms with Crippen LogP contribution in [0.4, 0.5) is 0 Å². The van der Waals surface area contributed by atoms with Gasteiger partial charge in [0.25, 0.3) is 5.56 Å². The Kier molecular flexibility index (Phi) is 5.31. The second-order valence-corrected chi connectivity index (χ2v) is 5.71. The van der Waals surface area contributed by atoms with E-state index in [-0.39, 0.29) is 11.5 Å². The number of nitrogens with zero attached hydrogens (tertiary/aromatic N) is 3. The highest BCUT2D eigenvalue weighted by atomic mass is 16.1. The third kappa shape index (κ3) is 4.51. The van der Waals surface area contributed by atoms with E-state index in [1.54, 1.807) is 6.92 Å². The minimum Gasteiger partial charge on any atom is -0.356 e. The number of amides is 1. The Morgan fingerprint density at radius 1 is 1.30 bits per heavy atom. The Balaban J connectivity index is 1.80. The van der Waals surface area contributed by atoms with Crippen LogP contribution in [0.3, 0.4) is 0 Å². The van der Waals surface area contributed by atoms with E-state index in [0.29, 0.717) is 37.3 Å². The standard InChI is InChI=1S/C16H23N5O2/c1-10-9-16(23)19-14(18-10)7-8-17-15(22)6-5-13-11(2)20-21(4)12(13)3/h9H,5-8H2,1-4H3,(H,17,22)(H,18,19,23). The van der Waals surface area contributed by atoms with Gasteiger partial charge in [0.05, 0.1) is 5.69 Å². The highest BCUT2D eigenvalue weighted by Gasteiger charge is 2.11. The van der Waals surface area contributed by atoms with E-state index in [0.717, 1.165) is 17.0 Å². The molecule has 0 atom stereocenters. The average Bonchev–Trinajstić information content (AvgIpc) is 2.69. The molecule has 0 saturated heterocycles. The van der Waals surface area contributed by atoms with Crippen LogP contribution in [-0.4, -0.2) is 32.2 Å². The van der Waals surface area contributed by atoms with Gasteiger partial charge in [0.1, 0.15) is 5.82 Å². The van der Waals surface area contributed by atoms with Crippen molar-refractivity contribution in [1.29, 1.82) is 0 Å². The quantitative estimate of drug-likeness (QED) is 0.821. The SMILES string of the molecule is Cc1cc(=O)[nH]c(CCNC(=O)CCc2c(C)nn(C)c2C)n1. The van der Waals surface area contributed by atoms with Crippen LogP contribution in [0.25, 0.3) is 0 Å². The molecule has 1 amide bonds. The smallest absolute Gasteiger partial charge is 0.251 e. The first-order chi connectivity index (χ1) is 10.9. The molecule has 0 spiro atoms. The number of carbonyl (C=O) groups excluding carboxylic acids is 1. The average molecular weight is 317 g/mol. The summed E-state index contributed by atoms with van der Waals surface area (Å²) in [6.45, 7) is 6.19. The molecule has 2 rings (SSSR count). The maximum Gasteiger partial charge on any atom is 0.251 e. The lowest BCUT2D eigenvalue weighted by Crippen LogP contribution is -2.27. The minimum absolute atomic E-state index is 0.0114. The van der Waals surface area contributed by atoms with Crippen molar-refractivity contribution in [2.24, 2.45) is 7.05 Å². The molecule has 2 N–H and O–H groups in total. The molecular formula is C16H23N5O2. The van der Waals surface area contributed by atoms with Crippen molar-refractivity contribution in [1.82, 2.24) is 25.1 Å². The third-order valence-corrected chi connectivity index (χ3v) is 3.86. The van der Waals surface area contributed by atoms with Crippen molar-refractivity contribution < 1.29 is 4.79 Å². The zero-order valence-corrected chi connectivity index (χ0v) is 14.1. The number of aryl methyl sites for hydroxylation is 3. The Morgan fingerprint density at radius 2 is 2.04 bits per heavy atom. The summed E-state index contributed by atoms with van der Waals surface area (Å²) in [5, 5.41) is 7.21. The van der Waals surface area contributed by atoms with Crippen LogP contribution in [0, 0.1) is 20.8 Å². The van der Waals surface area contributed by atoms with Gasteiger partial charge in [-0.3, -0.25) is 14.3 Å². The largest absolute Gasteiger partial charge is 0.356 e. The molecule has 0 aliphatic carbocycles. The summed E-state index contributed by atoms with van der Waals surface area (Å²) in [5.74, 6) is 0.580. The zero-order valence-electron chi connectivity index (χ0n) is 14.1. The minimum atomic E-state index is -0.165. The van der Waals surface area contributed by atoms with Crippen LogP contribution in [0.15, 0.2) is 10.9 Å². The number of aromatic nitrogens is 4. The molecule has 0 unspecified atom stereocenters. The first-order valence-electron chi connectivity index (χ1n) is 7.69. The molecular weight excluding hydrogens is 294 g/mol. The van der Waals surface area contributed by atoms with Crippen molar-refractivity contribution in [2.45, 2.75) is 40.0 Å². The maximum absolute atomic E-state index is 11.9. The number of carbonyl (C=O) groups is 1. The molecule has 23 heavy (non-hydrogen) atoms. The van der Waals surface area contributed by atoms with Gasteiger partial charge in [-0.2, -0.15) is 5.10 Å². The monoisotopic (exact) mass is 317 g/mol. The van der Waals surface area contributed by atoms with Gasteiger partial charge in [-0.1, -0.05) is 0 Å². The Labute approximate surface area is 135 Å². The van der Waals surface area contributed by atoms with Crippen molar-refractivity contribution in [3.05, 3.63) is 44.9 Å². The Hall–Kier alpha value is -2.44. The molecule has 0 aliphatic rings. The van der Waals surface area contributed by atoms with Crippen LogP contribution >= 0.6 is 0 Å². The highest BCUT2D eigenvalue weighted by Crippen LogP contribution is 2.13. The number of aromatic amines is 1. The molecule has 7 nitrogen and oxygen atoms in total. The van der Waals surface area contributed by atoms with E-state index in [2.05, 4.69) is 20.4 Å². The number of H-pyrrole nitrogens is 1. The van der Waals surface area contributed by atoms with E-state index >= 15 is 0 Å². The van der Waals surface area contributed by atoms with Gasteiger partial charge >= 0.3 is 0 Å². The maximum atomic E-state index is 11.9. The topological polar surface area (TPSA) is 92.7 Å². The number of hydrogen-bond acceptors (Lipinski definition) is 4. The second-order valence-electron chi connectivity index (χ2n) is 5.71. The summed E-state index contributed by atoms with van der Waals surface area (Å²) >= 11 is 0. The lowest BCUT2D eigenvalue weighted by atomic mass is 10.1. The van der Waals surface area contributed by atoms with Crippen LogP contribution < -0.4 is 10.9 Å². The molecule has 2 aromatic rings. The summed E-state index contributed by atoms with van der Waals surface area (Å²) in [5.41, 5.74) is 3.71. The van der Waals surface area contributed by atoms with E-state index < -0.39 is 0 Å². The van der Waals surface area contributed by atoms with Gasteiger partial charge in [0, 0.05) is 43.9 Å². The zero-order chi connectivity index (χ0) is 17.0. The molecule has 7 heteroatoms. The first-order valence-corrected chi connectivity index (χ1v) is 7.69. The fourth-order valence-electron chi connectivity index (χ4n) is 2.59. The molecule has 0 fully saturated rings. The molecule has 2 aromatic heterocycles. The van der Waals surface area contributed by atoms with E-state index in [9.17, 15) is 9.59 Å². The molecule has 0 aromatic carbocycles. The molecule has 124 valence electrons. The van der Waals surface area contributed by atoms with E-state index in [4.69, 9.17) is 0 Å². The lowest BCUT2D eigenvalue weighted by molar-refractivity contribution is -0.121. The molecule has 0 radical (unpaired) electrons. The lowest BCUT2D eigenvalue weighted by Gasteiger charge is -2.06. The predicted molar refractivity (Wildman–Crippen MR) is 87.3 cm³/mol. The highest BCUT2D eigenvalue weighted by molar-refractivity contribution is 5.76. The molecule has 0 saturated carbocycles. The predicted octanol–water partition coefficient (Wildman–Crippen LogP) is 0.720. The first kappa shape index (κ1) is 16.9. The van der Waals surface area contributed by atoms with E-state index in [1.807, 2.05) is 25.6 Å². The van der Waals surface area contributed by atoms with Gasteiger partial charge in [-0.05, 0) is 32.8 Å².